The van der Waals surface area contributed by atoms with Crippen LogP contribution in [0.3, 0.4) is 0 Å². The van der Waals surface area contributed by atoms with Crippen molar-refractivity contribution in [2.75, 3.05) is 5.73 Å². The number of aromatic nitrogens is 2. The van der Waals surface area contributed by atoms with E-state index in [1.165, 1.54) is 17.0 Å². The molecule has 0 saturated carbocycles. The minimum absolute atomic E-state index is 0.275. The molecule has 0 amide bonds. The van der Waals surface area contributed by atoms with Gasteiger partial charge in [-0.1, -0.05) is 0 Å². The second kappa shape index (κ2) is 4.06. The molecule has 0 aliphatic carbocycles. The van der Waals surface area contributed by atoms with Gasteiger partial charge in [0.25, 0.3) is 0 Å². The molecule has 2 N–H and O–H groups in total. The minimum atomic E-state index is -0.275. The van der Waals surface area contributed by atoms with E-state index in [4.69, 9.17) is 5.73 Å². The van der Waals surface area contributed by atoms with E-state index in [0.717, 1.165) is 27.5 Å². The van der Waals surface area contributed by atoms with Crippen LogP contribution in [0.2, 0.25) is 0 Å². The van der Waals surface area contributed by atoms with Gasteiger partial charge in [0.2, 0.25) is 0 Å². The first-order valence-electron chi connectivity index (χ1n) is 5.97. The third-order valence-corrected chi connectivity index (χ3v) is 4.52. The summed E-state index contributed by atoms with van der Waals surface area (Å²) in [7, 11) is 1.93. The van der Waals surface area contributed by atoms with Crippen LogP contribution in [0.25, 0.3) is 22.4 Å². The molecule has 0 bridgehead atoms. The van der Waals surface area contributed by atoms with Crippen molar-refractivity contribution in [2.45, 2.75) is 13.8 Å². The van der Waals surface area contributed by atoms with Crippen LogP contribution in [0.15, 0.2) is 18.2 Å². The zero-order valence-electron chi connectivity index (χ0n) is 11.0. The van der Waals surface area contributed by atoms with Crippen molar-refractivity contribution in [3.05, 3.63) is 34.5 Å². The van der Waals surface area contributed by atoms with E-state index in [1.807, 2.05) is 25.5 Å². The molecule has 2 heterocycles. The fourth-order valence-electron chi connectivity index (χ4n) is 2.33. The first-order valence-corrected chi connectivity index (χ1v) is 6.78. The van der Waals surface area contributed by atoms with E-state index in [9.17, 15) is 4.39 Å². The number of nitrogens with two attached hydrogens (primary N) is 1. The molecule has 0 fully saturated rings. The second-order valence-corrected chi connectivity index (χ2v) is 5.91. The third kappa shape index (κ3) is 1.73. The average Bonchev–Trinajstić information content (AvgIpc) is 2.78. The summed E-state index contributed by atoms with van der Waals surface area (Å²) in [5.74, 6) is 0.517. The Morgan fingerprint density at radius 3 is 2.68 bits per heavy atom. The number of anilines is 1. The lowest BCUT2D eigenvalue weighted by molar-refractivity contribution is 0.629. The summed E-state index contributed by atoms with van der Waals surface area (Å²) in [6.45, 7) is 4.08. The smallest absolute Gasteiger partial charge is 0.144 e. The number of imidazole rings is 1. The largest absolute Gasteiger partial charge is 0.390 e. The van der Waals surface area contributed by atoms with Crippen molar-refractivity contribution in [1.29, 1.82) is 0 Å². The molecule has 0 unspecified atom stereocenters. The van der Waals surface area contributed by atoms with E-state index in [1.54, 1.807) is 17.4 Å². The normalized spacial score (nSPS) is 11.4. The van der Waals surface area contributed by atoms with Gasteiger partial charge in [-0.3, -0.25) is 0 Å². The molecule has 5 heteroatoms. The van der Waals surface area contributed by atoms with Gasteiger partial charge in [0.05, 0.1) is 21.6 Å². The van der Waals surface area contributed by atoms with Crippen LogP contribution in [0.4, 0.5) is 9.39 Å². The summed E-state index contributed by atoms with van der Waals surface area (Å²) in [5, 5.41) is 0.758. The molecule has 0 saturated heterocycles. The van der Waals surface area contributed by atoms with Crippen LogP contribution >= 0.6 is 11.3 Å². The number of hydrogen-bond donors (Lipinski definition) is 1. The SMILES string of the molecule is Cc1sc(N)c(-c2nc3cc(F)ccc3n2C)c1C. The Kier molecular flexibility index (Phi) is 2.60. The molecule has 0 aliphatic heterocycles. The maximum Gasteiger partial charge on any atom is 0.144 e. The summed E-state index contributed by atoms with van der Waals surface area (Å²) in [6.07, 6.45) is 0. The Balaban J connectivity index is 2.34. The van der Waals surface area contributed by atoms with Crippen molar-refractivity contribution >= 4 is 27.4 Å². The number of aryl methyl sites for hydroxylation is 2. The first-order chi connectivity index (χ1) is 8.99. The lowest BCUT2D eigenvalue weighted by Crippen LogP contribution is -1.95. The number of nitrogen functional groups attached to an aromatic ring is 1. The molecule has 2 aromatic heterocycles. The van der Waals surface area contributed by atoms with E-state index >= 15 is 0 Å². The van der Waals surface area contributed by atoms with E-state index in [0.29, 0.717) is 5.52 Å². The highest BCUT2D eigenvalue weighted by atomic mass is 32.1. The van der Waals surface area contributed by atoms with Gasteiger partial charge in [-0.25, -0.2) is 9.37 Å². The molecular weight excluding hydrogens is 261 g/mol. The first kappa shape index (κ1) is 12.2. The van der Waals surface area contributed by atoms with Gasteiger partial charge in [-0.2, -0.15) is 0 Å². The number of hydrogen-bond acceptors (Lipinski definition) is 3. The van der Waals surface area contributed by atoms with E-state index < -0.39 is 0 Å². The van der Waals surface area contributed by atoms with Gasteiger partial charge in [0, 0.05) is 18.0 Å². The van der Waals surface area contributed by atoms with Gasteiger partial charge >= 0.3 is 0 Å². The number of fused-ring (bicyclic) bond motifs is 1. The van der Waals surface area contributed by atoms with Crippen LogP contribution in [0.5, 0.6) is 0 Å². The molecule has 0 aliphatic rings. The molecule has 0 atom stereocenters. The predicted octanol–water partition coefficient (Wildman–Crippen LogP) is 3.64. The Hall–Kier alpha value is -1.88. The van der Waals surface area contributed by atoms with E-state index in [-0.39, 0.29) is 5.82 Å². The Morgan fingerprint density at radius 1 is 1.32 bits per heavy atom. The van der Waals surface area contributed by atoms with Gasteiger partial charge in [-0.15, -0.1) is 11.3 Å². The number of thiophene rings is 1. The Labute approximate surface area is 114 Å². The summed E-state index contributed by atoms with van der Waals surface area (Å²) >= 11 is 1.56. The maximum absolute atomic E-state index is 13.3. The topological polar surface area (TPSA) is 43.8 Å². The molecule has 3 rings (SSSR count). The monoisotopic (exact) mass is 275 g/mol. The molecule has 3 aromatic rings. The maximum atomic E-state index is 13.3. The number of rotatable bonds is 1. The van der Waals surface area contributed by atoms with Crippen LogP contribution in [0.1, 0.15) is 10.4 Å². The molecule has 1 aromatic carbocycles. The number of benzene rings is 1. The van der Waals surface area contributed by atoms with Gasteiger partial charge in [0.1, 0.15) is 11.6 Å². The summed E-state index contributed by atoms with van der Waals surface area (Å²) < 4.78 is 15.2. The van der Waals surface area contributed by atoms with E-state index in [2.05, 4.69) is 4.98 Å². The van der Waals surface area contributed by atoms with Crippen molar-refractivity contribution in [1.82, 2.24) is 9.55 Å². The summed E-state index contributed by atoms with van der Waals surface area (Å²) in [4.78, 5) is 5.71. The highest BCUT2D eigenvalue weighted by Gasteiger charge is 2.18. The van der Waals surface area contributed by atoms with Crippen molar-refractivity contribution in [2.24, 2.45) is 7.05 Å². The third-order valence-electron chi connectivity index (χ3n) is 3.48. The number of halogens is 1. The molecule has 3 nitrogen and oxygen atoms in total. The van der Waals surface area contributed by atoms with Crippen LogP contribution in [-0.4, -0.2) is 9.55 Å². The Bertz CT molecular complexity index is 786. The highest BCUT2D eigenvalue weighted by Crippen LogP contribution is 2.38. The predicted molar refractivity (Wildman–Crippen MR) is 77.9 cm³/mol. The molecule has 19 heavy (non-hydrogen) atoms. The van der Waals surface area contributed by atoms with Gasteiger partial charge in [0.15, 0.2) is 0 Å². The second-order valence-electron chi connectivity index (χ2n) is 4.65. The fourth-order valence-corrected chi connectivity index (χ4v) is 3.26. The van der Waals surface area contributed by atoms with Crippen molar-refractivity contribution in [3.8, 4) is 11.4 Å². The van der Waals surface area contributed by atoms with Crippen molar-refractivity contribution < 1.29 is 4.39 Å². The quantitative estimate of drug-likeness (QED) is 0.737. The van der Waals surface area contributed by atoms with Gasteiger partial charge in [-0.05, 0) is 31.5 Å². The zero-order valence-corrected chi connectivity index (χ0v) is 11.8. The Morgan fingerprint density at radius 2 is 2.05 bits per heavy atom. The minimum Gasteiger partial charge on any atom is -0.390 e. The zero-order chi connectivity index (χ0) is 13.7. The van der Waals surface area contributed by atoms with Crippen LogP contribution in [-0.2, 0) is 7.05 Å². The molecular formula is C14H14FN3S. The fraction of sp³-hybridized carbons (Fsp3) is 0.214. The summed E-state index contributed by atoms with van der Waals surface area (Å²) in [6, 6.07) is 4.64. The average molecular weight is 275 g/mol. The standard InChI is InChI=1S/C14H14FN3S/c1-7-8(2)19-13(16)12(7)14-17-10-6-9(15)4-5-11(10)18(14)3/h4-6H,16H2,1-3H3. The van der Waals surface area contributed by atoms with Crippen LogP contribution in [0, 0.1) is 19.7 Å². The molecule has 0 radical (unpaired) electrons. The van der Waals surface area contributed by atoms with Crippen LogP contribution < -0.4 is 5.73 Å². The highest BCUT2D eigenvalue weighted by molar-refractivity contribution is 7.16. The van der Waals surface area contributed by atoms with Crippen molar-refractivity contribution in [3.63, 3.8) is 0 Å². The lowest BCUT2D eigenvalue weighted by atomic mass is 10.1. The lowest BCUT2D eigenvalue weighted by Gasteiger charge is -2.03. The number of nitrogens with zero attached hydrogens (tertiary/aromatic N) is 2. The summed E-state index contributed by atoms with van der Waals surface area (Å²) in [5.41, 5.74) is 9.74. The molecule has 98 valence electrons. The van der Waals surface area contributed by atoms with Gasteiger partial charge < -0.3 is 10.3 Å². The molecule has 0 spiro atoms.